The molecular formula is C21H22N2O6. The van der Waals surface area contributed by atoms with Crippen LogP contribution in [0.25, 0.3) is 0 Å². The highest BCUT2D eigenvalue weighted by Gasteiger charge is 2.42. The molecule has 0 unspecified atom stereocenters. The zero-order valence-electron chi connectivity index (χ0n) is 15.9. The predicted molar refractivity (Wildman–Crippen MR) is 104 cm³/mol. The lowest BCUT2D eigenvalue weighted by Gasteiger charge is -2.31. The second-order valence-electron chi connectivity index (χ2n) is 7.21. The predicted octanol–water partition coefficient (Wildman–Crippen LogP) is 2.46. The molecule has 152 valence electrons. The Bertz CT molecular complexity index is 977. The molecule has 1 saturated carbocycles. The Kier molecular flexibility index (Phi) is 5.24. The van der Waals surface area contributed by atoms with Crippen LogP contribution >= 0.6 is 0 Å². The maximum atomic E-state index is 12.1. The molecule has 8 nitrogen and oxygen atoms in total. The molecule has 2 aromatic rings. The van der Waals surface area contributed by atoms with E-state index >= 15 is 0 Å². The molecule has 0 atom stereocenters. The largest absolute Gasteiger partial charge is 0.454 e. The summed E-state index contributed by atoms with van der Waals surface area (Å²) in [5.41, 5.74) is 0.213. The van der Waals surface area contributed by atoms with E-state index in [0.717, 1.165) is 25.7 Å². The maximum absolute atomic E-state index is 12.1. The van der Waals surface area contributed by atoms with Crippen LogP contribution in [0, 0.1) is 0 Å². The molecule has 1 fully saturated rings. The number of carbonyl (C=O) groups is 2. The number of nitrogens with zero attached hydrogens (tertiary/aromatic N) is 1. The Morgan fingerprint density at radius 1 is 1.07 bits per heavy atom. The van der Waals surface area contributed by atoms with Crippen LogP contribution in [0.15, 0.2) is 47.4 Å². The highest BCUT2D eigenvalue weighted by Crippen LogP contribution is 2.46. The van der Waals surface area contributed by atoms with Crippen LogP contribution in [0.1, 0.15) is 32.1 Å². The number of benzene rings is 1. The zero-order chi connectivity index (χ0) is 20.3. The van der Waals surface area contributed by atoms with Gasteiger partial charge in [-0.3, -0.25) is 14.4 Å². The third-order valence-electron chi connectivity index (χ3n) is 5.00. The first-order valence-electron chi connectivity index (χ1n) is 9.66. The Hall–Kier alpha value is -3.29. The van der Waals surface area contributed by atoms with Gasteiger partial charge in [-0.25, -0.2) is 0 Å². The van der Waals surface area contributed by atoms with Gasteiger partial charge in [-0.1, -0.05) is 12.5 Å². The van der Waals surface area contributed by atoms with Crippen molar-refractivity contribution in [3.8, 4) is 11.5 Å². The number of nitrogens with one attached hydrogen (secondary N) is 1. The SMILES string of the molecule is O=C(COC(=O)Cn1ccccc1=O)Nc1ccc2c(c1)OC1(CCCCC1)O2. The third-order valence-corrected chi connectivity index (χ3v) is 5.00. The summed E-state index contributed by atoms with van der Waals surface area (Å²) in [5.74, 6) is -0.452. The van der Waals surface area contributed by atoms with E-state index in [0.29, 0.717) is 17.2 Å². The fourth-order valence-corrected chi connectivity index (χ4v) is 3.59. The molecular weight excluding hydrogens is 376 g/mol. The topological polar surface area (TPSA) is 95.9 Å². The van der Waals surface area contributed by atoms with E-state index in [1.54, 1.807) is 30.3 Å². The van der Waals surface area contributed by atoms with Crippen LogP contribution in [0.2, 0.25) is 0 Å². The van der Waals surface area contributed by atoms with Gasteiger partial charge in [-0.05, 0) is 31.0 Å². The summed E-state index contributed by atoms with van der Waals surface area (Å²) in [4.78, 5) is 35.5. The summed E-state index contributed by atoms with van der Waals surface area (Å²) < 4.78 is 18.2. The summed E-state index contributed by atoms with van der Waals surface area (Å²) in [6, 6.07) is 9.76. The van der Waals surface area contributed by atoms with Gasteiger partial charge < -0.3 is 24.1 Å². The summed E-state index contributed by atoms with van der Waals surface area (Å²) in [6.45, 7) is -0.697. The Morgan fingerprint density at radius 2 is 1.86 bits per heavy atom. The molecule has 29 heavy (non-hydrogen) atoms. The number of anilines is 1. The second-order valence-corrected chi connectivity index (χ2v) is 7.21. The monoisotopic (exact) mass is 398 g/mol. The minimum atomic E-state index is -0.668. The molecule has 2 aliphatic rings. The highest BCUT2D eigenvalue weighted by atomic mass is 16.7. The molecule has 1 N–H and O–H groups in total. The zero-order valence-corrected chi connectivity index (χ0v) is 15.9. The molecule has 4 rings (SSSR count). The van der Waals surface area contributed by atoms with E-state index in [9.17, 15) is 14.4 Å². The number of esters is 1. The molecule has 1 aliphatic carbocycles. The summed E-state index contributed by atoms with van der Waals surface area (Å²) in [7, 11) is 0. The second kappa shape index (κ2) is 7.98. The van der Waals surface area contributed by atoms with Gasteiger partial charge in [0, 0.05) is 36.9 Å². The lowest BCUT2D eigenvalue weighted by Crippen LogP contribution is -2.40. The number of hydrogen-bond acceptors (Lipinski definition) is 6. The number of aromatic nitrogens is 1. The summed E-state index contributed by atoms with van der Waals surface area (Å²) in [6.07, 6.45) is 6.50. The van der Waals surface area contributed by atoms with Crippen molar-refractivity contribution in [3.05, 3.63) is 52.9 Å². The van der Waals surface area contributed by atoms with Gasteiger partial charge >= 0.3 is 5.97 Å². The standard InChI is InChI=1S/C21H22N2O6/c24-18(14-27-20(26)13-23-11-5-2-6-19(23)25)22-15-7-8-16-17(12-15)29-21(28-16)9-3-1-4-10-21/h2,5-8,11-12H,1,3-4,9-10,13-14H2,(H,22,24). The van der Waals surface area contributed by atoms with E-state index < -0.39 is 24.3 Å². The van der Waals surface area contributed by atoms with Crippen molar-refractivity contribution < 1.29 is 23.8 Å². The van der Waals surface area contributed by atoms with Crippen molar-refractivity contribution in [2.24, 2.45) is 0 Å². The average Bonchev–Trinajstić information content (AvgIpc) is 3.05. The molecule has 1 aromatic heterocycles. The number of pyridine rings is 1. The molecule has 0 saturated heterocycles. The first-order valence-corrected chi connectivity index (χ1v) is 9.66. The number of carbonyl (C=O) groups excluding carboxylic acids is 2. The van der Waals surface area contributed by atoms with Crippen molar-refractivity contribution >= 4 is 17.6 Å². The fraction of sp³-hybridized carbons (Fsp3) is 0.381. The van der Waals surface area contributed by atoms with Gasteiger partial charge in [0.2, 0.25) is 0 Å². The van der Waals surface area contributed by atoms with Crippen molar-refractivity contribution in [1.82, 2.24) is 4.57 Å². The number of ether oxygens (including phenoxy) is 3. The molecule has 2 heterocycles. The number of fused-ring (bicyclic) bond motifs is 1. The normalized spacial score (nSPS) is 16.4. The van der Waals surface area contributed by atoms with Crippen LogP contribution in [0.5, 0.6) is 11.5 Å². The summed E-state index contributed by atoms with van der Waals surface area (Å²) in [5, 5.41) is 2.67. The molecule has 1 spiro atoms. The average molecular weight is 398 g/mol. The number of rotatable bonds is 5. The van der Waals surface area contributed by atoms with Crippen LogP contribution in [-0.4, -0.2) is 28.8 Å². The molecule has 0 bridgehead atoms. The van der Waals surface area contributed by atoms with Crippen molar-refractivity contribution in [1.29, 1.82) is 0 Å². The quantitative estimate of drug-likeness (QED) is 0.778. The van der Waals surface area contributed by atoms with Crippen molar-refractivity contribution in [3.63, 3.8) is 0 Å². The van der Waals surface area contributed by atoms with E-state index in [1.165, 1.54) is 23.3 Å². The molecule has 1 amide bonds. The van der Waals surface area contributed by atoms with E-state index in [-0.39, 0.29) is 12.1 Å². The molecule has 1 aromatic carbocycles. The van der Waals surface area contributed by atoms with E-state index in [2.05, 4.69) is 5.32 Å². The maximum Gasteiger partial charge on any atom is 0.326 e. The third kappa shape index (κ3) is 4.42. The first-order chi connectivity index (χ1) is 14.0. The lowest BCUT2D eigenvalue weighted by molar-refractivity contribution is -0.147. The van der Waals surface area contributed by atoms with Gasteiger partial charge in [0.25, 0.3) is 17.3 Å². The summed E-state index contributed by atoms with van der Waals surface area (Å²) >= 11 is 0. The first kappa shape index (κ1) is 19.0. The Balaban J connectivity index is 1.29. The van der Waals surface area contributed by atoms with E-state index in [1.807, 2.05) is 0 Å². The van der Waals surface area contributed by atoms with Crippen LogP contribution < -0.4 is 20.3 Å². The minimum absolute atomic E-state index is 0.251. The van der Waals surface area contributed by atoms with Crippen LogP contribution in [0.3, 0.4) is 0 Å². The fourth-order valence-electron chi connectivity index (χ4n) is 3.59. The van der Waals surface area contributed by atoms with Gasteiger partial charge in [0.05, 0.1) is 0 Å². The number of amides is 1. The Morgan fingerprint density at radius 3 is 2.66 bits per heavy atom. The van der Waals surface area contributed by atoms with Crippen molar-refractivity contribution in [2.75, 3.05) is 11.9 Å². The van der Waals surface area contributed by atoms with Gasteiger partial charge in [0.1, 0.15) is 6.54 Å². The van der Waals surface area contributed by atoms with Gasteiger partial charge in [-0.15, -0.1) is 0 Å². The highest BCUT2D eigenvalue weighted by molar-refractivity contribution is 5.93. The smallest absolute Gasteiger partial charge is 0.326 e. The Labute approximate surface area is 167 Å². The lowest BCUT2D eigenvalue weighted by atomic mass is 9.94. The van der Waals surface area contributed by atoms with Gasteiger partial charge in [0.15, 0.2) is 18.1 Å². The van der Waals surface area contributed by atoms with Crippen LogP contribution in [-0.2, 0) is 20.9 Å². The van der Waals surface area contributed by atoms with Crippen LogP contribution in [0.4, 0.5) is 5.69 Å². The minimum Gasteiger partial charge on any atom is -0.454 e. The van der Waals surface area contributed by atoms with E-state index in [4.69, 9.17) is 14.2 Å². The molecule has 1 aliphatic heterocycles. The molecule has 0 radical (unpaired) electrons. The van der Waals surface area contributed by atoms with Gasteiger partial charge in [-0.2, -0.15) is 0 Å². The molecule has 8 heteroatoms. The number of hydrogen-bond donors (Lipinski definition) is 1. The van der Waals surface area contributed by atoms with Crippen molar-refractivity contribution in [2.45, 2.75) is 44.4 Å².